The highest BCUT2D eigenvalue weighted by Crippen LogP contribution is 2.31. The van der Waals surface area contributed by atoms with Crippen LogP contribution in [0.3, 0.4) is 0 Å². The Balaban J connectivity index is 1.67. The molecule has 0 bridgehead atoms. The van der Waals surface area contributed by atoms with Crippen LogP contribution in [-0.2, 0) is 11.2 Å². The molecule has 5 nitrogen and oxygen atoms in total. The molecule has 1 fully saturated rings. The van der Waals surface area contributed by atoms with Gasteiger partial charge < -0.3 is 14.0 Å². The molecule has 2 atom stereocenters. The molecule has 0 unspecified atom stereocenters. The van der Waals surface area contributed by atoms with E-state index in [1.54, 1.807) is 7.11 Å². The van der Waals surface area contributed by atoms with Crippen molar-refractivity contribution in [2.24, 2.45) is 0 Å². The summed E-state index contributed by atoms with van der Waals surface area (Å²) in [7, 11) is 1.66. The monoisotopic (exact) mass is 274 g/mol. The van der Waals surface area contributed by atoms with Crippen molar-refractivity contribution in [1.82, 2.24) is 10.1 Å². The summed E-state index contributed by atoms with van der Waals surface area (Å²) in [4.78, 5) is 4.43. The minimum atomic E-state index is -0.0397. The number of nitrogens with zero attached hydrogens (tertiary/aromatic N) is 2. The molecular weight excluding hydrogens is 256 g/mol. The van der Waals surface area contributed by atoms with Crippen molar-refractivity contribution in [3.05, 3.63) is 41.5 Å². The number of hydrogen-bond donors (Lipinski definition) is 0. The molecule has 0 N–H and O–H groups in total. The lowest BCUT2D eigenvalue weighted by molar-refractivity contribution is 0.0355. The zero-order valence-electron chi connectivity index (χ0n) is 11.7. The molecule has 1 aromatic heterocycles. The minimum absolute atomic E-state index is 0.0397. The van der Waals surface area contributed by atoms with E-state index in [0.717, 1.165) is 24.2 Å². The fraction of sp³-hybridized carbons (Fsp3) is 0.467. The Morgan fingerprint density at radius 3 is 2.70 bits per heavy atom. The van der Waals surface area contributed by atoms with Gasteiger partial charge in [-0.15, -0.1) is 0 Å². The lowest BCUT2D eigenvalue weighted by Gasteiger charge is -2.04. The summed E-state index contributed by atoms with van der Waals surface area (Å²) in [5.74, 6) is 2.13. The molecule has 20 heavy (non-hydrogen) atoms. The lowest BCUT2D eigenvalue weighted by Crippen LogP contribution is -2.01. The first-order valence-electron chi connectivity index (χ1n) is 6.85. The Hall–Kier alpha value is -1.88. The van der Waals surface area contributed by atoms with E-state index in [-0.39, 0.29) is 12.2 Å². The molecule has 3 rings (SSSR count). The highest BCUT2D eigenvalue weighted by atomic mass is 16.5. The van der Waals surface area contributed by atoms with Gasteiger partial charge in [-0.3, -0.25) is 0 Å². The third-order valence-electron chi connectivity index (χ3n) is 3.51. The summed E-state index contributed by atoms with van der Waals surface area (Å²) in [5.41, 5.74) is 1.12. The third-order valence-corrected chi connectivity index (χ3v) is 3.51. The number of benzene rings is 1. The Morgan fingerprint density at radius 1 is 1.25 bits per heavy atom. The number of rotatable bonds is 4. The van der Waals surface area contributed by atoms with Gasteiger partial charge in [0.15, 0.2) is 5.82 Å². The molecule has 1 aliphatic rings. The molecule has 0 spiro atoms. The fourth-order valence-corrected chi connectivity index (χ4v) is 2.38. The van der Waals surface area contributed by atoms with Gasteiger partial charge in [0.2, 0.25) is 0 Å². The predicted octanol–water partition coefficient (Wildman–Crippen LogP) is 2.91. The molecule has 2 heterocycles. The number of hydrogen-bond acceptors (Lipinski definition) is 5. The smallest absolute Gasteiger partial charge is 0.255 e. The van der Waals surface area contributed by atoms with Crippen molar-refractivity contribution < 1.29 is 14.0 Å². The maximum atomic E-state index is 5.73. The van der Waals surface area contributed by atoms with E-state index in [4.69, 9.17) is 14.0 Å². The Labute approximate surface area is 117 Å². The highest BCUT2D eigenvalue weighted by Gasteiger charge is 2.28. The summed E-state index contributed by atoms with van der Waals surface area (Å²) < 4.78 is 16.2. The molecule has 0 aliphatic carbocycles. The van der Waals surface area contributed by atoms with E-state index in [2.05, 4.69) is 17.1 Å². The van der Waals surface area contributed by atoms with Crippen LogP contribution < -0.4 is 4.74 Å². The highest BCUT2D eigenvalue weighted by molar-refractivity contribution is 5.28. The minimum Gasteiger partial charge on any atom is -0.497 e. The second-order valence-electron chi connectivity index (χ2n) is 5.09. The van der Waals surface area contributed by atoms with Crippen LogP contribution >= 0.6 is 0 Å². The van der Waals surface area contributed by atoms with Crippen LogP contribution in [0, 0.1) is 0 Å². The van der Waals surface area contributed by atoms with Gasteiger partial charge >= 0.3 is 0 Å². The summed E-state index contributed by atoms with van der Waals surface area (Å²) in [6.45, 7) is 2.06. The van der Waals surface area contributed by atoms with Crippen molar-refractivity contribution in [2.75, 3.05) is 7.11 Å². The second-order valence-corrected chi connectivity index (χ2v) is 5.09. The van der Waals surface area contributed by atoms with Gasteiger partial charge in [-0.05, 0) is 37.5 Å². The molecule has 0 saturated carbocycles. The van der Waals surface area contributed by atoms with Gasteiger partial charge in [-0.2, -0.15) is 4.98 Å². The molecule has 1 aromatic carbocycles. The van der Waals surface area contributed by atoms with E-state index in [1.807, 2.05) is 24.3 Å². The normalized spacial score (nSPS) is 22.1. The third kappa shape index (κ3) is 2.82. The predicted molar refractivity (Wildman–Crippen MR) is 72.6 cm³/mol. The van der Waals surface area contributed by atoms with E-state index < -0.39 is 0 Å². The Kier molecular flexibility index (Phi) is 3.69. The standard InChI is InChI=1S/C15H18N2O3/c1-10-3-8-13(19-10)15-16-14(17-20-15)9-11-4-6-12(18-2)7-5-11/h4-7,10,13H,3,8-9H2,1-2H3/t10-,13+/m1/s1. The first-order valence-corrected chi connectivity index (χ1v) is 6.85. The fourth-order valence-electron chi connectivity index (χ4n) is 2.38. The number of methoxy groups -OCH3 is 1. The maximum Gasteiger partial charge on any atom is 0.255 e. The number of aromatic nitrogens is 2. The zero-order valence-corrected chi connectivity index (χ0v) is 11.7. The quantitative estimate of drug-likeness (QED) is 0.858. The van der Waals surface area contributed by atoms with E-state index in [9.17, 15) is 0 Å². The van der Waals surface area contributed by atoms with Gasteiger partial charge in [0.25, 0.3) is 5.89 Å². The van der Waals surface area contributed by atoms with Crippen molar-refractivity contribution in [3.8, 4) is 5.75 Å². The first kappa shape index (κ1) is 13.1. The van der Waals surface area contributed by atoms with Gasteiger partial charge in [0.1, 0.15) is 11.9 Å². The molecular formula is C15H18N2O3. The molecule has 106 valence electrons. The molecule has 5 heteroatoms. The van der Waals surface area contributed by atoms with Crippen LogP contribution in [0.1, 0.15) is 43.1 Å². The summed E-state index contributed by atoms with van der Waals surface area (Å²) in [6.07, 6.45) is 2.88. The molecule has 0 amide bonds. The van der Waals surface area contributed by atoms with Crippen LogP contribution in [0.25, 0.3) is 0 Å². The Morgan fingerprint density at radius 2 is 2.05 bits per heavy atom. The maximum absolute atomic E-state index is 5.73. The summed E-state index contributed by atoms with van der Waals surface area (Å²) in [5, 5.41) is 4.03. The summed E-state index contributed by atoms with van der Waals surface area (Å²) >= 11 is 0. The van der Waals surface area contributed by atoms with Gasteiger partial charge in [-0.1, -0.05) is 17.3 Å². The van der Waals surface area contributed by atoms with Crippen molar-refractivity contribution in [3.63, 3.8) is 0 Å². The van der Waals surface area contributed by atoms with Gasteiger partial charge in [0, 0.05) is 6.42 Å². The van der Waals surface area contributed by atoms with E-state index in [1.165, 1.54) is 0 Å². The van der Waals surface area contributed by atoms with Crippen LogP contribution in [0.15, 0.2) is 28.8 Å². The molecule has 1 saturated heterocycles. The van der Waals surface area contributed by atoms with Crippen LogP contribution in [-0.4, -0.2) is 23.4 Å². The average molecular weight is 274 g/mol. The lowest BCUT2D eigenvalue weighted by atomic mass is 10.1. The topological polar surface area (TPSA) is 57.4 Å². The average Bonchev–Trinajstić information content (AvgIpc) is 3.09. The van der Waals surface area contributed by atoms with Gasteiger partial charge in [-0.25, -0.2) is 0 Å². The van der Waals surface area contributed by atoms with Crippen molar-refractivity contribution in [1.29, 1.82) is 0 Å². The van der Waals surface area contributed by atoms with Crippen LogP contribution in [0.2, 0.25) is 0 Å². The van der Waals surface area contributed by atoms with Gasteiger partial charge in [0.05, 0.1) is 13.2 Å². The zero-order chi connectivity index (χ0) is 13.9. The van der Waals surface area contributed by atoms with E-state index in [0.29, 0.717) is 18.1 Å². The van der Waals surface area contributed by atoms with Crippen LogP contribution in [0.5, 0.6) is 5.75 Å². The molecule has 0 radical (unpaired) electrons. The summed E-state index contributed by atoms with van der Waals surface area (Å²) in [6, 6.07) is 7.86. The van der Waals surface area contributed by atoms with E-state index >= 15 is 0 Å². The number of ether oxygens (including phenoxy) is 2. The Bertz CT molecular complexity index is 565. The second kappa shape index (κ2) is 5.63. The van der Waals surface area contributed by atoms with Crippen molar-refractivity contribution >= 4 is 0 Å². The largest absolute Gasteiger partial charge is 0.497 e. The first-order chi connectivity index (χ1) is 9.74. The van der Waals surface area contributed by atoms with Crippen LogP contribution in [0.4, 0.5) is 0 Å². The molecule has 2 aromatic rings. The van der Waals surface area contributed by atoms with Crippen molar-refractivity contribution in [2.45, 2.75) is 38.4 Å². The SMILES string of the molecule is COc1ccc(Cc2noc([C@@H]3CC[C@@H](C)O3)n2)cc1. The molecule has 1 aliphatic heterocycles.